The van der Waals surface area contributed by atoms with Crippen LogP contribution in [0.4, 0.5) is 145 Å². The molecule has 332 valence electrons. The molecule has 0 spiro atoms. The van der Waals surface area contributed by atoms with Crippen molar-refractivity contribution in [3.63, 3.8) is 0 Å². The Hall–Kier alpha value is -1.22. The standard InChI is InChI=1S/C18H4Cl3F33Si/c19-55(20,21)4(25)2(23)1(22)3(24)5(26,27)6(28,29)7(30,31)8(32,33)9(34,35)10(36,37)11(38,39)12(40,41)13(42,43)14(44,45)15(46,47)16(48,49)17(50,51)18(52,53)54/h1-4H. The summed E-state index contributed by atoms with van der Waals surface area (Å²) in [6.45, 7) is 0. The van der Waals surface area contributed by atoms with Crippen molar-refractivity contribution >= 4 is 39.2 Å². The molecule has 0 fully saturated rings. The first-order chi connectivity index (χ1) is 23.1. The molecule has 4 unspecified atom stereocenters. The highest BCUT2D eigenvalue weighted by atomic mass is 35.8. The van der Waals surface area contributed by atoms with Crippen LogP contribution in [0.3, 0.4) is 0 Å². The normalized spacial score (nSPS) is 19.0. The lowest BCUT2D eigenvalue weighted by atomic mass is 9.83. The van der Waals surface area contributed by atoms with Gasteiger partial charge in [-0.15, -0.1) is 33.2 Å². The molecule has 0 saturated carbocycles. The molecule has 0 nitrogen and oxygen atoms in total. The Kier molecular flexibility index (Phi) is 13.6. The first-order valence-electron chi connectivity index (χ1n) is 11.7. The summed E-state index contributed by atoms with van der Waals surface area (Å²) in [7, 11) is 0. The fourth-order valence-corrected chi connectivity index (χ4v) is 4.86. The molecule has 0 bridgehead atoms. The summed E-state index contributed by atoms with van der Waals surface area (Å²) in [5.41, 5.74) is 0. The van der Waals surface area contributed by atoms with E-state index in [4.69, 9.17) is 0 Å². The molecule has 0 aliphatic heterocycles. The van der Waals surface area contributed by atoms with Crippen molar-refractivity contribution in [3.8, 4) is 0 Å². The SMILES string of the molecule is FC(C(F)C(F)[Si](Cl)(Cl)Cl)C(F)C(F)(F)C(F)(F)C(F)(F)C(F)(F)C(F)(F)C(F)(F)C(F)(F)C(F)(F)C(F)(F)C(F)(F)C(F)(F)C(F)(F)C(F)(F)C(F)(F)F. The van der Waals surface area contributed by atoms with Crippen molar-refractivity contribution < 1.29 is 145 Å². The fraction of sp³-hybridized carbons (Fsp3) is 1.00. The summed E-state index contributed by atoms with van der Waals surface area (Å²) < 4.78 is 447. The molecule has 4 atom stereocenters. The minimum Gasteiger partial charge on any atom is -0.244 e. The molecule has 0 heterocycles. The molecule has 0 radical (unpaired) electrons. The van der Waals surface area contributed by atoms with Crippen molar-refractivity contribution in [2.45, 2.75) is 107 Å². The first kappa shape index (κ1) is 53.8. The Bertz CT molecular complexity index is 1360. The van der Waals surface area contributed by atoms with Crippen LogP contribution in [0.2, 0.25) is 0 Å². The Morgan fingerprint density at radius 3 is 0.636 bits per heavy atom. The lowest BCUT2D eigenvalue weighted by Gasteiger charge is -2.46. The Morgan fingerprint density at radius 2 is 0.455 bits per heavy atom. The maximum absolute atomic E-state index is 13.9. The molecule has 0 saturated heterocycles. The predicted octanol–water partition coefficient (Wildman–Crippen LogP) is 12.4. The van der Waals surface area contributed by atoms with Crippen molar-refractivity contribution in [1.29, 1.82) is 0 Å². The summed E-state index contributed by atoms with van der Waals surface area (Å²) in [5, 5.41) is 0. The van der Waals surface area contributed by atoms with Gasteiger partial charge >= 0.3 is 89.2 Å². The van der Waals surface area contributed by atoms with Crippen molar-refractivity contribution in [2.75, 3.05) is 0 Å². The average molecular weight is 982 g/mol. The van der Waals surface area contributed by atoms with Crippen molar-refractivity contribution in [1.82, 2.24) is 0 Å². The molecular formula is C18H4Cl3F33Si. The zero-order valence-electron chi connectivity index (χ0n) is 23.4. The summed E-state index contributed by atoms with van der Waals surface area (Å²) in [6.07, 6.45) is -25.2. The van der Waals surface area contributed by atoms with Gasteiger partial charge < -0.3 is 0 Å². The lowest BCUT2D eigenvalue weighted by molar-refractivity contribution is -0.487. The van der Waals surface area contributed by atoms with E-state index in [0.29, 0.717) is 0 Å². The van der Waals surface area contributed by atoms with Crippen LogP contribution < -0.4 is 0 Å². The second-order valence-corrected chi connectivity index (χ2v) is 19.0. The van der Waals surface area contributed by atoms with E-state index in [1.54, 1.807) is 0 Å². The Balaban J connectivity index is 7.56. The van der Waals surface area contributed by atoms with Gasteiger partial charge in [0.25, 0.3) is 0 Å². The third-order valence-corrected chi connectivity index (χ3v) is 9.45. The zero-order chi connectivity index (χ0) is 45.8. The molecule has 0 amide bonds. The van der Waals surface area contributed by atoms with Crippen LogP contribution in [0.25, 0.3) is 0 Å². The Labute approximate surface area is 292 Å². The van der Waals surface area contributed by atoms with Crippen LogP contribution in [-0.4, -0.2) is 113 Å². The largest absolute Gasteiger partial charge is 0.460 e. The van der Waals surface area contributed by atoms with E-state index in [1.165, 1.54) is 0 Å². The van der Waals surface area contributed by atoms with Crippen molar-refractivity contribution in [2.24, 2.45) is 0 Å². The van der Waals surface area contributed by atoms with E-state index in [9.17, 15) is 145 Å². The van der Waals surface area contributed by atoms with Gasteiger partial charge in [0, 0.05) is 0 Å². The van der Waals surface area contributed by atoms with Gasteiger partial charge in [-0.3, -0.25) is 0 Å². The highest BCUT2D eigenvalue weighted by Crippen LogP contribution is 2.69. The van der Waals surface area contributed by atoms with Crippen LogP contribution in [-0.2, 0) is 0 Å². The monoisotopic (exact) mass is 980 g/mol. The van der Waals surface area contributed by atoms with Gasteiger partial charge in [0.05, 0.1) is 0 Å². The van der Waals surface area contributed by atoms with E-state index >= 15 is 0 Å². The average Bonchev–Trinajstić information content (AvgIpc) is 2.96. The van der Waals surface area contributed by atoms with Crippen LogP contribution in [0, 0.1) is 0 Å². The van der Waals surface area contributed by atoms with E-state index in [2.05, 4.69) is 33.2 Å². The van der Waals surface area contributed by atoms with Gasteiger partial charge in [0.15, 0.2) is 18.1 Å². The topological polar surface area (TPSA) is 0 Å². The molecule has 0 rings (SSSR count). The minimum atomic E-state index is -10.2. The maximum Gasteiger partial charge on any atom is 0.460 e. The lowest BCUT2D eigenvalue weighted by Crippen LogP contribution is -2.79. The van der Waals surface area contributed by atoms with Crippen LogP contribution in [0.5, 0.6) is 0 Å². The highest BCUT2D eigenvalue weighted by Gasteiger charge is 3.01. The van der Waals surface area contributed by atoms with Gasteiger partial charge in [0.1, 0.15) is 0 Å². The summed E-state index contributed by atoms with van der Waals surface area (Å²) >= 11 is 14.0. The number of hydrogen-bond donors (Lipinski definition) is 0. The quantitative estimate of drug-likeness (QED) is 0.0774. The smallest absolute Gasteiger partial charge is 0.244 e. The first-order valence-corrected chi connectivity index (χ1v) is 16.9. The molecule has 0 aromatic heterocycles. The number of rotatable bonds is 17. The molecule has 0 aromatic carbocycles. The predicted molar refractivity (Wildman–Crippen MR) is 113 cm³/mol. The third-order valence-electron chi connectivity index (χ3n) is 6.63. The summed E-state index contributed by atoms with van der Waals surface area (Å²) in [6, 6.07) is -5.55. The molecule has 0 aromatic rings. The molecule has 55 heavy (non-hydrogen) atoms. The Morgan fingerprint density at radius 1 is 0.273 bits per heavy atom. The highest BCUT2D eigenvalue weighted by molar-refractivity contribution is 7.65. The fourth-order valence-electron chi connectivity index (χ4n) is 3.24. The van der Waals surface area contributed by atoms with Crippen LogP contribution in [0.1, 0.15) is 0 Å². The van der Waals surface area contributed by atoms with E-state index < -0.39 is 113 Å². The van der Waals surface area contributed by atoms with Gasteiger partial charge in [-0.05, 0) is 0 Å². The van der Waals surface area contributed by atoms with E-state index in [-0.39, 0.29) is 0 Å². The van der Waals surface area contributed by atoms with Crippen LogP contribution in [0.15, 0.2) is 0 Å². The minimum absolute atomic E-state index is 4.26. The molecule has 0 aliphatic carbocycles. The van der Waals surface area contributed by atoms with E-state index in [0.717, 1.165) is 0 Å². The number of halogens is 36. The number of hydrogen-bond acceptors (Lipinski definition) is 0. The van der Waals surface area contributed by atoms with Gasteiger partial charge in [-0.2, -0.15) is 127 Å². The zero-order valence-corrected chi connectivity index (χ0v) is 26.7. The molecule has 37 heteroatoms. The summed E-state index contributed by atoms with van der Waals surface area (Å²) in [4.78, 5) is 0. The molecular weight excluding hydrogens is 978 g/mol. The third kappa shape index (κ3) is 6.96. The van der Waals surface area contributed by atoms with Gasteiger partial charge in [0.2, 0.25) is 6.17 Å². The summed E-state index contributed by atoms with van der Waals surface area (Å²) in [5.74, 6) is -130. The molecule has 0 N–H and O–H groups in total. The van der Waals surface area contributed by atoms with E-state index in [1.807, 2.05) is 0 Å². The molecule has 0 aliphatic rings. The second-order valence-electron chi connectivity index (χ2n) is 10.2. The maximum atomic E-state index is 13.9. The number of alkyl halides is 33. The van der Waals surface area contributed by atoms with Gasteiger partial charge in [-0.25, -0.2) is 17.6 Å². The van der Waals surface area contributed by atoms with Crippen molar-refractivity contribution in [3.05, 3.63) is 0 Å². The second kappa shape index (κ2) is 13.9. The van der Waals surface area contributed by atoms with Crippen LogP contribution >= 0.6 is 33.2 Å². The van der Waals surface area contributed by atoms with Gasteiger partial charge in [-0.1, -0.05) is 0 Å².